The molecule has 0 radical (unpaired) electrons. The summed E-state index contributed by atoms with van der Waals surface area (Å²) in [6, 6.07) is 13.9. The Morgan fingerprint density at radius 2 is 1.92 bits per heavy atom. The van der Waals surface area contributed by atoms with Crippen molar-refractivity contribution in [2.45, 2.75) is 26.1 Å². The number of nitrogens with two attached hydrogens (primary N) is 1. The van der Waals surface area contributed by atoms with E-state index in [-0.39, 0.29) is 18.5 Å². The van der Waals surface area contributed by atoms with Crippen molar-refractivity contribution in [2.24, 2.45) is 5.73 Å². The summed E-state index contributed by atoms with van der Waals surface area (Å²) in [6.45, 7) is 3.34. The molecule has 7 heteroatoms. The first-order valence-electron chi connectivity index (χ1n) is 8.47. The summed E-state index contributed by atoms with van der Waals surface area (Å²) in [5.41, 5.74) is 8.46. The SMILES string of the molecule is C[C@H](c1ccccc1)N(CC(N)=O)Cc1cn(Cc2ccncc2)nn1. The number of benzene rings is 1. The third-order valence-electron chi connectivity index (χ3n) is 4.23. The predicted octanol–water partition coefficient (Wildman–Crippen LogP) is 1.77. The first kappa shape index (κ1) is 17.8. The van der Waals surface area contributed by atoms with Crippen molar-refractivity contribution in [1.29, 1.82) is 0 Å². The number of rotatable bonds is 8. The number of amides is 1. The second kappa shape index (κ2) is 8.35. The molecule has 3 aromatic rings. The summed E-state index contributed by atoms with van der Waals surface area (Å²) < 4.78 is 1.78. The van der Waals surface area contributed by atoms with Gasteiger partial charge < -0.3 is 5.73 Å². The number of hydrogen-bond donors (Lipinski definition) is 1. The van der Waals surface area contributed by atoms with Gasteiger partial charge >= 0.3 is 0 Å². The Balaban J connectivity index is 1.72. The molecule has 1 aromatic carbocycles. The zero-order valence-corrected chi connectivity index (χ0v) is 14.7. The summed E-state index contributed by atoms with van der Waals surface area (Å²) >= 11 is 0. The first-order valence-corrected chi connectivity index (χ1v) is 8.47. The van der Waals surface area contributed by atoms with E-state index in [1.165, 1.54) is 0 Å². The minimum absolute atomic E-state index is 0.0362. The normalized spacial score (nSPS) is 12.2. The molecule has 0 bridgehead atoms. The van der Waals surface area contributed by atoms with Crippen LogP contribution in [0.5, 0.6) is 0 Å². The Bertz CT molecular complexity index is 834. The zero-order chi connectivity index (χ0) is 18.4. The Morgan fingerprint density at radius 1 is 1.19 bits per heavy atom. The van der Waals surface area contributed by atoms with Crippen LogP contribution in [0.3, 0.4) is 0 Å². The molecule has 2 N–H and O–H groups in total. The summed E-state index contributed by atoms with van der Waals surface area (Å²) in [5.74, 6) is -0.364. The molecule has 0 fully saturated rings. The third-order valence-corrected chi connectivity index (χ3v) is 4.23. The van der Waals surface area contributed by atoms with Gasteiger partial charge in [-0.2, -0.15) is 0 Å². The number of nitrogens with zero attached hydrogens (tertiary/aromatic N) is 5. The van der Waals surface area contributed by atoms with Crippen molar-refractivity contribution in [3.05, 3.63) is 77.9 Å². The van der Waals surface area contributed by atoms with Gasteiger partial charge in [0.2, 0.25) is 5.91 Å². The third kappa shape index (κ3) is 4.73. The second-order valence-corrected chi connectivity index (χ2v) is 6.22. The van der Waals surface area contributed by atoms with Crippen LogP contribution in [-0.4, -0.2) is 37.3 Å². The highest BCUT2D eigenvalue weighted by atomic mass is 16.1. The van der Waals surface area contributed by atoms with Gasteiger partial charge in [0.05, 0.1) is 25.0 Å². The number of carbonyl (C=O) groups excluding carboxylic acids is 1. The van der Waals surface area contributed by atoms with Crippen molar-refractivity contribution >= 4 is 5.91 Å². The van der Waals surface area contributed by atoms with Crippen LogP contribution in [0.2, 0.25) is 0 Å². The minimum Gasteiger partial charge on any atom is -0.369 e. The Morgan fingerprint density at radius 3 is 2.62 bits per heavy atom. The topological polar surface area (TPSA) is 89.9 Å². The molecule has 2 heterocycles. The summed E-state index contributed by atoms with van der Waals surface area (Å²) in [6.07, 6.45) is 5.40. The maximum atomic E-state index is 11.5. The van der Waals surface area contributed by atoms with Gasteiger partial charge in [-0.25, -0.2) is 4.68 Å². The Kier molecular flexibility index (Phi) is 5.70. The summed E-state index contributed by atoms with van der Waals surface area (Å²) in [7, 11) is 0. The van der Waals surface area contributed by atoms with Gasteiger partial charge in [0.1, 0.15) is 0 Å². The lowest BCUT2D eigenvalue weighted by Gasteiger charge is -2.27. The molecule has 3 rings (SSSR count). The smallest absolute Gasteiger partial charge is 0.231 e. The van der Waals surface area contributed by atoms with Crippen molar-refractivity contribution in [3.63, 3.8) is 0 Å². The van der Waals surface area contributed by atoms with E-state index in [1.54, 1.807) is 17.1 Å². The van der Waals surface area contributed by atoms with Gasteiger partial charge in [-0.05, 0) is 30.2 Å². The quantitative estimate of drug-likeness (QED) is 0.669. The number of primary amides is 1. The maximum absolute atomic E-state index is 11.5. The van der Waals surface area contributed by atoms with Crippen LogP contribution in [-0.2, 0) is 17.9 Å². The van der Waals surface area contributed by atoms with E-state index in [0.29, 0.717) is 13.1 Å². The van der Waals surface area contributed by atoms with Gasteiger partial charge in [0.15, 0.2) is 0 Å². The molecule has 0 unspecified atom stereocenters. The number of aromatic nitrogens is 4. The zero-order valence-electron chi connectivity index (χ0n) is 14.7. The lowest BCUT2D eigenvalue weighted by molar-refractivity contribution is -0.119. The summed E-state index contributed by atoms with van der Waals surface area (Å²) in [5, 5.41) is 8.42. The molecule has 0 saturated carbocycles. The molecule has 1 amide bonds. The van der Waals surface area contributed by atoms with E-state index in [1.807, 2.05) is 53.6 Å². The van der Waals surface area contributed by atoms with Crippen molar-refractivity contribution in [1.82, 2.24) is 24.9 Å². The highest BCUT2D eigenvalue weighted by Gasteiger charge is 2.19. The lowest BCUT2D eigenvalue weighted by atomic mass is 10.1. The second-order valence-electron chi connectivity index (χ2n) is 6.22. The monoisotopic (exact) mass is 350 g/mol. The van der Waals surface area contributed by atoms with Crippen LogP contribution in [0.25, 0.3) is 0 Å². The van der Waals surface area contributed by atoms with E-state index in [0.717, 1.165) is 16.8 Å². The highest BCUT2D eigenvalue weighted by molar-refractivity contribution is 5.76. The molecular formula is C19H22N6O. The summed E-state index contributed by atoms with van der Waals surface area (Å²) in [4.78, 5) is 17.5. The van der Waals surface area contributed by atoms with Crippen molar-refractivity contribution < 1.29 is 4.79 Å². The molecule has 0 aliphatic carbocycles. The van der Waals surface area contributed by atoms with Crippen LogP contribution in [0.15, 0.2) is 61.1 Å². The Labute approximate surface area is 152 Å². The van der Waals surface area contributed by atoms with Crippen molar-refractivity contribution in [3.8, 4) is 0 Å². The molecule has 1 atom stereocenters. The van der Waals surface area contributed by atoms with E-state index in [9.17, 15) is 4.79 Å². The predicted molar refractivity (Wildman–Crippen MR) is 97.8 cm³/mol. The van der Waals surface area contributed by atoms with E-state index < -0.39 is 0 Å². The van der Waals surface area contributed by atoms with Gasteiger partial charge in [0, 0.05) is 25.0 Å². The van der Waals surface area contributed by atoms with Gasteiger partial charge in [-0.15, -0.1) is 5.10 Å². The number of carbonyl (C=O) groups is 1. The molecule has 0 aliphatic rings. The molecule has 134 valence electrons. The molecule has 0 spiro atoms. The van der Waals surface area contributed by atoms with E-state index in [4.69, 9.17) is 5.73 Å². The fraction of sp³-hybridized carbons (Fsp3) is 0.263. The van der Waals surface area contributed by atoms with Crippen LogP contribution in [0.1, 0.15) is 29.8 Å². The largest absolute Gasteiger partial charge is 0.369 e. The molecule has 2 aromatic heterocycles. The fourth-order valence-corrected chi connectivity index (χ4v) is 2.84. The average Bonchev–Trinajstić information content (AvgIpc) is 3.08. The van der Waals surface area contributed by atoms with Crippen molar-refractivity contribution in [2.75, 3.05) is 6.54 Å². The standard InChI is InChI=1S/C19H22N6O/c1-15(17-5-3-2-4-6-17)24(14-19(20)26)12-18-13-25(23-22-18)11-16-7-9-21-10-8-16/h2-10,13,15H,11-12,14H2,1H3,(H2,20,26)/t15-/m1/s1. The van der Waals surface area contributed by atoms with Crippen LogP contribution in [0.4, 0.5) is 0 Å². The van der Waals surface area contributed by atoms with Gasteiger partial charge in [-0.3, -0.25) is 14.7 Å². The first-order chi connectivity index (χ1) is 12.6. The van der Waals surface area contributed by atoms with Gasteiger partial charge in [-0.1, -0.05) is 35.5 Å². The van der Waals surface area contributed by atoms with Crippen LogP contribution >= 0.6 is 0 Å². The Hall–Kier alpha value is -3.06. The number of hydrogen-bond acceptors (Lipinski definition) is 5. The van der Waals surface area contributed by atoms with E-state index >= 15 is 0 Å². The van der Waals surface area contributed by atoms with E-state index in [2.05, 4.69) is 22.2 Å². The molecule has 7 nitrogen and oxygen atoms in total. The molecular weight excluding hydrogens is 328 g/mol. The van der Waals surface area contributed by atoms with Gasteiger partial charge in [0.25, 0.3) is 0 Å². The average molecular weight is 350 g/mol. The maximum Gasteiger partial charge on any atom is 0.231 e. The highest BCUT2D eigenvalue weighted by Crippen LogP contribution is 2.21. The van der Waals surface area contributed by atoms with Crippen LogP contribution < -0.4 is 5.73 Å². The molecule has 0 saturated heterocycles. The molecule has 26 heavy (non-hydrogen) atoms. The molecule has 0 aliphatic heterocycles. The van der Waals surface area contributed by atoms with Crippen LogP contribution in [0, 0.1) is 0 Å². The lowest BCUT2D eigenvalue weighted by Crippen LogP contribution is -2.35. The minimum atomic E-state index is -0.364. The number of pyridine rings is 1. The fourth-order valence-electron chi connectivity index (χ4n) is 2.84.